The van der Waals surface area contributed by atoms with E-state index in [9.17, 15) is 18.0 Å². The molecule has 1 aromatic carbocycles. The van der Waals surface area contributed by atoms with Gasteiger partial charge in [0.25, 0.3) is 10.0 Å². The zero-order valence-corrected chi connectivity index (χ0v) is 18.9. The maximum Gasteiger partial charge on any atom is 0.263 e. The Morgan fingerprint density at radius 2 is 1.90 bits per heavy atom. The third kappa shape index (κ3) is 4.97. The maximum atomic E-state index is 12.9. The molecule has 2 aliphatic heterocycles. The Bertz CT molecular complexity index is 1100. The Morgan fingerprint density at radius 3 is 2.58 bits per heavy atom. The van der Waals surface area contributed by atoms with Gasteiger partial charge in [0, 0.05) is 24.2 Å². The first kappa shape index (κ1) is 21.9. The van der Waals surface area contributed by atoms with Crippen LogP contribution < -0.4 is 10.0 Å². The molecule has 2 N–H and O–H groups in total. The Labute approximate surface area is 189 Å². The molecule has 1 aromatic heterocycles. The van der Waals surface area contributed by atoms with Crippen LogP contribution in [0, 0.1) is 0 Å². The summed E-state index contributed by atoms with van der Waals surface area (Å²) in [4.78, 5) is 31.9. The molecule has 8 nitrogen and oxygen atoms in total. The monoisotopic (exact) mass is 480 g/mol. The molecule has 0 aliphatic carbocycles. The molecule has 0 radical (unpaired) electrons. The van der Waals surface area contributed by atoms with Crippen molar-refractivity contribution < 1.29 is 18.0 Å². The number of pyridine rings is 1. The van der Waals surface area contributed by atoms with Crippen molar-refractivity contribution in [1.29, 1.82) is 0 Å². The number of rotatable bonds is 4. The topological polar surface area (TPSA) is 108 Å². The molecule has 0 unspecified atom stereocenters. The minimum Gasteiger partial charge on any atom is -0.341 e. The number of sulfonamides is 1. The summed E-state index contributed by atoms with van der Waals surface area (Å²) in [6, 6.07) is 7.40. The highest BCUT2D eigenvalue weighted by Gasteiger charge is 2.36. The second-order valence-electron chi connectivity index (χ2n) is 7.35. The van der Waals surface area contributed by atoms with Crippen molar-refractivity contribution in [2.24, 2.45) is 0 Å². The van der Waals surface area contributed by atoms with Gasteiger partial charge in [0.05, 0.1) is 15.6 Å². The number of nitrogens with zero attached hydrogens (tertiary/aromatic N) is 2. The Balaban J connectivity index is 1.52. The lowest BCUT2D eigenvalue weighted by molar-refractivity contribution is -0.133. The van der Waals surface area contributed by atoms with E-state index in [0.29, 0.717) is 28.7 Å². The van der Waals surface area contributed by atoms with Gasteiger partial charge in [0.1, 0.15) is 5.82 Å². The number of aromatic nitrogens is 1. The SMILES string of the molecule is O=C1Nc2cc(S(=O)(=O)Nc3ccc(Cl)cn3)ccc2S[C@@H]1C(=O)N1CCCCCC1. The van der Waals surface area contributed by atoms with E-state index in [1.807, 2.05) is 0 Å². The molecule has 2 aromatic rings. The summed E-state index contributed by atoms with van der Waals surface area (Å²) in [5.41, 5.74) is 0.363. The molecule has 1 atom stereocenters. The number of nitrogens with one attached hydrogen (secondary N) is 2. The molecule has 4 rings (SSSR count). The average Bonchev–Trinajstić information content (AvgIpc) is 3.03. The summed E-state index contributed by atoms with van der Waals surface area (Å²) in [5, 5.41) is 2.22. The summed E-state index contributed by atoms with van der Waals surface area (Å²) in [5.74, 6) is -0.500. The highest BCUT2D eigenvalue weighted by Crippen LogP contribution is 2.38. The third-order valence-electron chi connectivity index (χ3n) is 5.11. The molecule has 2 aliphatic rings. The molecule has 3 heterocycles. The number of hydrogen-bond donors (Lipinski definition) is 2. The predicted molar refractivity (Wildman–Crippen MR) is 120 cm³/mol. The van der Waals surface area contributed by atoms with Crippen LogP contribution in [-0.2, 0) is 19.6 Å². The van der Waals surface area contributed by atoms with Gasteiger partial charge in [-0.05, 0) is 43.2 Å². The number of carbonyl (C=O) groups is 2. The molecule has 0 bridgehead atoms. The number of benzene rings is 1. The van der Waals surface area contributed by atoms with Crippen molar-refractivity contribution in [3.63, 3.8) is 0 Å². The third-order valence-corrected chi connectivity index (χ3v) is 7.95. The van der Waals surface area contributed by atoms with Gasteiger partial charge in [-0.2, -0.15) is 0 Å². The molecular weight excluding hydrogens is 460 g/mol. The van der Waals surface area contributed by atoms with E-state index >= 15 is 0 Å². The zero-order valence-electron chi connectivity index (χ0n) is 16.5. The number of likely N-dealkylation sites (tertiary alicyclic amines) is 1. The van der Waals surface area contributed by atoms with Crippen LogP contribution in [0.1, 0.15) is 25.7 Å². The highest BCUT2D eigenvalue weighted by atomic mass is 35.5. The molecule has 31 heavy (non-hydrogen) atoms. The molecule has 1 saturated heterocycles. The van der Waals surface area contributed by atoms with Crippen molar-refractivity contribution in [2.45, 2.75) is 40.7 Å². The molecule has 1 fully saturated rings. The van der Waals surface area contributed by atoms with E-state index in [2.05, 4.69) is 15.0 Å². The largest absolute Gasteiger partial charge is 0.341 e. The summed E-state index contributed by atoms with van der Waals surface area (Å²) < 4.78 is 27.8. The second-order valence-corrected chi connectivity index (χ2v) is 10.6. The quantitative estimate of drug-likeness (QED) is 0.649. The smallest absolute Gasteiger partial charge is 0.263 e. The van der Waals surface area contributed by atoms with Crippen molar-refractivity contribution in [3.8, 4) is 0 Å². The van der Waals surface area contributed by atoms with Crippen LogP contribution in [0.3, 0.4) is 0 Å². The number of hydrogen-bond acceptors (Lipinski definition) is 6. The van der Waals surface area contributed by atoms with Gasteiger partial charge >= 0.3 is 0 Å². The lowest BCUT2D eigenvalue weighted by Crippen LogP contribution is -2.45. The Hall–Kier alpha value is -2.30. The first-order valence-corrected chi connectivity index (χ1v) is 12.6. The highest BCUT2D eigenvalue weighted by molar-refractivity contribution is 8.01. The minimum absolute atomic E-state index is 0.0267. The Morgan fingerprint density at radius 1 is 1.16 bits per heavy atom. The van der Waals surface area contributed by atoms with Crippen molar-refractivity contribution in [1.82, 2.24) is 9.88 Å². The number of fused-ring (bicyclic) bond motifs is 1. The van der Waals surface area contributed by atoms with Crippen LogP contribution >= 0.6 is 23.4 Å². The molecule has 0 saturated carbocycles. The number of anilines is 2. The normalized spacial score (nSPS) is 19.2. The van der Waals surface area contributed by atoms with Gasteiger partial charge in [0.2, 0.25) is 11.8 Å². The van der Waals surface area contributed by atoms with Crippen LogP contribution in [0.2, 0.25) is 5.02 Å². The van der Waals surface area contributed by atoms with Gasteiger partial charge in [-0.25, -0.2) is 13.4 Å². The van der Waals surface area contributed by atoms with Crippen LogP contribution in [0.5, 0.6) is 0 Å². The minimum atomic E-state index is -3.92. The summed E-state index contributed by atoms with van der Waals surface area (Å²) in [7, 11) is -3.92. The van der Waals surface area contributed by atoms with Crippen molar-refractivity contribution in [2.75, 3.05) is 23.1 Å². The van der Waals surface area contributed by atoms with Gasteiger partial charge in [-0.1, -0.05) is 24.4 Å². The second kappa shape index (κ2) is 9.05. The lowest BCUT2D eigenvalue weighted by atomic mass is 10.2. The standard InChI is InChI=1S/C20H21ClN4O4S2/c21-13-5-8-17(22-12-13)24-31(28,29)14-6-7-16-15(11-14)23-19(26)18(30-16)20(27)25-9-3-1-2-4-10-25/h5-8,11-12,18H,1-4,9-10H2,(H,22,24)(H,23,26)/t18-/m0/s1. The van der Waals surface area contributed by atoms with Gasteiger partial charge in [-0.15, -0.1) is 11.8 Å². The van der Waals surface area contributed by atoms with Crippen molar-refractivity contribution in [3.05, 3.63) is 41.6 Å². The van der Waals surface area contributed by atoms with E-state index in [-0.39, 0.29) is 16.6 Å². The first-order valence-electron chi connectivity index (χ1n) is 9.88. The molecule has 11 heteroatoms. The van der Waals surface area contributed by atoms with Gasteiger partial charge < -0.3 is 10.2 Å². The van der Waals surface area contributed by atoms with Gasteiger partial charge in [0.15, 0.2) is 5.25 Å². The number of thioether (sulfide) groups is 1. The van der Waals surface area contributed by atoms with E-state index in [0.717, 1.165) is 37.4 Å². The lowest BCUT2D eigenvalue weighted by Gasteiger charge is -2.28. The molecule has 2 amide bonds. The first-order chi connectivity index (χ1) is 14.8. The maximum absolute atomic E-state index is 12.9. The average molecular weight is 481 g/mol. The Kier molecular flexibility index (Phi) is 6.40. The summed E-state index contributed by atoms with van der Waals surface area (Å²) in [6.45, 7) is 1.33. The predicted octanol–water partition coefficient (Wildman–Crippen LogP) is 3.35. The molecule has 164 valence electrons. The number of carbonyl (C=O) groups excluding carboxylic acids is 2. The van der Waals surface area contributed by atoms with E-state index in [1.54, 1.807) is 11.0 Å². The zero-order chi connectivity index (χ0) is 22.0. The fraction of sp³-hybridized carbons (Fsp3) is 0.350. The van der Waals surface area contributed by atoms with Gasteiger partial charge in [-0.3, -0.25) is 14.3 Å². The fourth-order valence-corrected chi connectivity index (χ4v) is 5.71. The van der Waals surface area contributed by atoms with E-state index in [4.69, 9.17) is 11.6 Å². The van der Waals surface area contributed by atoms with Crippen LogP contribution in [-0.4, -0.2) is 48.5 Å². The van der Waals surface area contributed by atoms with Crippen LogP contribution in [0.25, 0.3) is 0 Å². The van der Waals surface area contributed by atoms with Crippen LogP contribution in [0.15, 0.2) is 46.3 Å². The van der Waals surface area contributed by atoms with Crippen LogP contribution in [0.4, 0.5) is 11.5 Å². The number of amides is 2. The van der Waals surface area contributed by atoms with E-state index in [1.165, 1.54) is 30.5 Å². The van der Waals surface area contributed by atoms with Crippen molar-refractivity contribution >= 4 is 56.7 Å². The summed E-state index contributed by atoms with van der Waals surface area (Å²) >= 11 is 6.93. The van der Waals surface area contributed by atoms with E-state index < -0.39 is 21.2 Å². The fourth-order valence-electron chi connectivity index (χ4n) is 3.51. The molecule has 0 spiro atoms. The number of halogens is 1. The molecular formula is C20H21ClN4O4S2. The summed E-state index contributed by atoms with van der Waals surface area (Å²) in [6.07, 6.45) is 5.40.